The van der Waals surface area contributed by atoms with Crippen molar-refractivity contribution in [3.63, 3.8) is 0 Å². The highest BCUT2D eigenvalue weighted by Gasteiger charge is 2.12. The first kappa shape index (κ1) is 18.1. The molecule has 0 atom stereocenters. The number of hydrogen-bond donors (Lipinski definition) is 2. The second kappa shape index (κ2) is 8.01. The van der Waals surface area contributed by atoms with Crippen molar-refractivity contribution < 1.29 is 19.1 Å². The van der Waals surface area contributed by atoms with Crippen LogP contribution in [0.25, 0.3) is 6.08 Å². The summed E-state index contributed by atoms with van der Waals surface area (Å²) in [5.41, 5.74) is 7.20. The molecule has 0 fully saturated rings. The molecule has 25 heavy (non-hydrogen) atoms. The average Bonchev–Trinajstić information content (AvgIpc) is 2.61. The van der Waals surface area contributed by atoms with E-state index in [0.717, 1.165) is 5.56 Å². The molecule has 6 nitrogen and oxygen atoms in total. The lowest BCUT2D eigenvalue weighted by molar-refractivity contribution is -0.112. The summed E-state index contributed by atoms with van der Waals surface area (Å²) in [4.78, 5) is 23.8. The third kappa shape index (κ3) is 4.38. The molecule has 0 aromatic heterocycles. The maximum Gasteiger partial charge on any atom is 0.251 e. The number of carbonyl (C=O) groups is 2. The number of para-hydroxylation sites is 1. The Kier molecular flexibility index (Phi) is 5.79. The van der Waals surface area contributed by atoms with Gasteiger partial charge in [-0.25, -0.2) is 0 Å². The Morgan fingerprint density at radius 3 is 2.36 bits per heavy atom. The molecule has 0 aliphatic rings. The van der Waals surface area contributed by atoms with Crippen molar-refractivity contribution in [3.8, 4) is 11.5 Å². The summed E-state index contributed by atoms with van der Waals surface area (Å²) in [6.45, 7) is 1.68. The van der Waals surface area contributed by atoms with E-state index in [4.69, 9.17) is 15.2 Å². The summed E-state index contributed by atoms with van der Waals surface area (Å²) >= 11 is 0. The number of benzene rings is 2. The molecule has 0 unspecified atom stereocenters. The van der Waals surface area contributed by atoms with Crippen LogP contribution in [-0.2, 0) is 4.79 Å². The Hall–Kier alpha value is -3.28. The van der Waals surface area contributed by atoms with Gasteiger partial charge in [-0.15, -0.1) is 0 Å². The molecule has 0 saturated carbocycles. The minimum absolute atomic E-state index is 0.259. The lowest BCUT2D eigenvalue weighted by atomic mass is 10.1. The van der Waals surface area contributed by atoms with Crippen LogP contribution in [0, 0.1) is 0 Å². The van der Waals surface area contributed by atoms with Gasteiger partial charge in [-0.1, -0.05) is 18.2 Å². The van der Waals surface area contributed by atoms with Gasteiger partial charge in [0.2, 0.25) is 0 Å². The van der Waals surface area contributed by atoms with Crippen molar-refractivity contribution in [2.75, 3.05) is 19.5 Å². The fourth-order valence-corrected chi connectivity index (χ4v) is 2.29. The Morgan fingerprint density at radius 1 is 1.04 bits per heavy atom. The first-order valence-electron chi connectivity index (χ1n) is 7.56. The van der Waals surface area contributed by atoms with Gasteiger partial charge in [0.05, 0.1) is 25.5 Å². The number of nitrogens with one attached hydrogen (secondary N) is 1. The summed E-state index contributed by atoms with van der Waals surface area (Å²) in [5, 5.41) is 2.70. The fourth-order valence-electron chi connectivity index (χ4n) is 2.29. The van der Waals surface area contributed by atoms with Crippen LogP contribution >= 0.6 is 0 Å². The van der Waals surface area contributed by atoms with Gasteiger partial charge < -0.3 is 20.5 Å². The van der Waals surface area contributed by atoms with Gasteiger partial charge in [-0.3, -0.25) is 9.59 Å². The van der Waals surface area contributed by atoms with Crippen LogP contribution in [0.1, 0.15) is 22.8 Å². The predicted octanol–water partition coefficient (Wildman–Crippen LogP) is 2.84. The standard InChI is InChI=1S/C19H20N2O4/c1-12(10-13-8-9-16(24-2)17(11-13)25-3)19(23)21-15-7-5-4-6-14(15)18(20)22/h4-11H,1-3H3,(H2,20,22)(H,21,23)/b12-10+. The van der Waals surface area contributed by atoms with Crippen LogP contribution in [0.15, 0.2) is 48.0 Å². The van der Waals surface area contributed by atoms with E-state index < -0.39 is 5.91 Å². The Balaban J connectivity index is 2.23. The van der Waals surface area contributed by atoms with Gasteiger partial charge in [-0.2, -0.15) is 0 Å². The number of methoxy groups -OCH3 is 2. The molecule has 0 aliphatic carbocycles. The van der Waals surface area contributed by atoms with Gasteiger partial charge in [0.15, 0.2) is 11.5 Å². The Morgan fingerprint density at radius 2 is 1.72 bits per heavy atom. The number of amides is 2. The maximum atomic E-state index is 12.4. The average molecular weight is 340 g/mol. The molecule has 130 valence electrons. The molecule has 0 saturated heterocycles. The number of ether oxygens (including phenoxy) is 2. The summed E-state index contributed by atoms with van der Waals surface area (Å²) in [7, 11) is 3.11. The van der Waals surface area contributed by atoms with Crippen LogP contribution in [0.4, 0.5) is 5.69 Å². The Labute approximate surface area is 146 Å². The van der Waals surface area contributed by atoms with E-state index in [-0.39, 0.29) is 11.5 Å². The van der Waals surface area contributed by atoms with Gasteiger partial charge in [0.1, 0.15) is 0 Å². The van der Waals surface area contributed by atoms with E-state index in [1.54, 1.807) is 63.6 Å². The summed E-state index contributed by atoms with van der Waals surface area (Å²) in [5.74, 6) is 0.251. The third-order valence-electron chi connectivity index (χ3n) is 3.59. The molecule has 0 bridgehead atoms. The van der Waals surface area contributed by atoms with Crippen LogP contribution in [0.5, 0.6) is 11.5 Å². The smallest absolute Gasteiger partial charge is 0.251 e. The highest BCUT2D eigenvalue weighted by molar-refractivity contribution is 6.09. The molecule has 0 radical (unpaired) electrons. The predicted molar refractivity (Wildman–Crippen MR) is 96.8 cm³/mol. The van der Waals surface area contributed by atoms with Crippen molar-refractivity contribution in [2.24, 2.45) is 5.73 Å². The SMILES string of the molecule is COc1ccc(/C=C(\C)C(=O)Nc2ccccc2C(N)=O)cc1OC. The minimum atomic E-state index is -0.600. The zero-order chi connectivity index (χ0) is 18.4. The molecule has 2 aromatic carbocycles. The lowest BCUT2D eigenvalue weighted by Gasteiger charge is -2.10. The van der Waals surface area contributed by atoms with Crippen LogP contribution < -0.4 is 20.5 Å². The number of nitrogens with two attached hydrogens (primary N) is 1. The van der Waals surface area contributed by atoms with Crippen molar-refractivity contribution in [1.29, 1.82) is 0 Å². The van der Waals surface area contributed by atoms with E-state index in [1.165, 1.54) is 0 Å². The number of hydrogen-bond acceptors (Lipinski definition) is 4. The molecule has 2 aromatic rings. The van der Waals surface area contributed by atoms with Crippen LogP contribution in [0.2, 0.25) is 0 Å². The monoisotopic (exact) mass is 340 g/mol. The largest absolute Gasteiger partial charge is 0.493 e. The molecular formula is C19H20N2O4. The summed E-state index contributed by atoms with van der Waals surface area (Å²) in [6.07, 6.45) is 1.71. The Bertz CT molecular complexity index is 828. The van der Waals surface area contributed by atoms with Gasteiger partial charge >= 0.3 is 0 Å². The van der Waals surface area contributed by atoms with E-state index in [0.29, 0.717) is 22.8 Å². The second-order valence-electron chi connectivity index (χ2n) is 5.31. The minimum Gasteiger partial charge on any atom is -0.493 e. The third-order valence-corrected chi connectivity index (χ3v) is 3.59. The number of anilines is 1. The zero-order valence-corrected chi connectivity index (χ0v) is 14.3. The highest BCUT2D eigenvalue weighted by Crippen LogP contribution is 2.28. The van der Waals surface area contributed by atoms with E-state index in [1.807, 2.05) is 6.07 Å². The van der Waals surface area contributed by atoms with Gasteiger partial charge in [0.25, 0.3) is 11.8 Å². The molecular weight excluding hydrogens is 320 g/mol. The topological polar surface area (TPSA) is 90.6 Å². The summed E-state index contributed by atoms with van der Waals surface area (Å²) < 4.78 is 10.4. The number of primary amides is 1. The van der Waals surface area contributed by atoms with Gasteiger partial charge in [-0.05, 0) is 42.8 Å². The van der Waals surface area contributed by atoms with Crippen molar-refractivity contribution in [1.82, 2.24) is 0 Å². The highest BCUT2D eigenvalue weighted by atomic mass is 16.5. The van der Waals surface area contributed by atoms with Crippen LogP contribution in [0.3, 0.4) is 0 Å². The lowest BCUT2D eigenvalue weighted by Crippen LogP contribution is -2.18. The quantitative estimate of drug-likeness (QED) is 0.791. The van der Waals surface area contributed by atoms with Gasteiger partial charge in [0, 0.05) is 5.57 Å². The van der Waals surface area contributed by atoms with Crippen molar-refractivity contribution in [2.45, 2.75) is 6.92 Å². The van der Waals surface area contributed by atoms with E-state index in [9.17, 15) is 9.59 Å². The molecule has 2 amide bonds. The second-order valence-corrected chi connectivity index (χ2v) is 5.31. The normalized spacial score (nSPS) is 10.9. The molecule has 0 spiro atoms. The molecule has 6 heteroatoms. The fraction of sp³-hybridized carbons (Fsp3) is 0.158. The molecule has 0 heterocycles. The number of carbonyl (C=O) groups excluding carboxylic acids is 2. The zero-order valence-electron chi connectivity index (χ0n) is 14.3. The molecule has 3 N–H and O–H groups in total. The van der Waals surface area contributed by atoms with Crippen LogP contribution in [-0.4, -0.2) is 26.0 Å². The van der Waals surface area contributed by atoms with E-state index >= 15 is 0 Å². The van der Waals surface area contributed by atoms with Crippen molar-refractivity contribution >= 4 is 23.6 Å². The first-order chi connectivity index (χ1) is 12.0. The summed E-state index contributed by atoms with van der Waals surface area (Å²) in [6, 6.07) is 11.9. The first-order valence-corrected chi connectivity index (χ1v) is 7.56. The van der Waals surface area contributed by atoms with E-state index in [2.05, 4.69) is 5.32 Å². The maximum absolute atomic E-state index is 12.4. The molecule has 0 aliphatic heterocycles. The molecule has 2 rings (SSSR count). The number of rotatable bonds is 6. The van der Waals surface area contributed by atoms with Crippen molar-refractivity contribution in [3.05, 3.63) is 59.2 Å².